The van der Waals surface area contributed by atoms with Crippen LogP contribution < -0.4 is 15.4 Å². The van der Waals surface area contributed by atoms with Crippen LogP contribution in [0.3, 0.4) is 0 Å². The average Bonchev–Trinajstić information content (AvgIpc) is 2.81. The lowest BCUT2D eigenvalue weighted by Gasteiger charge is -2.22. The quantitative estimate of drug-likeness (QED) is 0.517. The van der Waals surface area contributed by atoms with Crippen LogP contribution in [0, 0.1) is 0 Å². The molecule has 0 heterocycles. The second kappa shape index (κ2) is 12.6. The number of nitrogens with one attached hydrogen (secondary N) is 2. The molecule has 2 rings (SSSR count). The highest BCUT2D eigenvalue weighted by atomic mass is 32.2. The van der Waals surface area contributed by atoms with Crippen LogP contribution in [0.5, 0.6) is 5.75 Å². The summed E-state index contributed by atoms with van der Waals surface area (Å²) in [6, 6.07) is 14.3. The topological polar surface area (TPSA) is 93.7 Å². The molecule has 0 fully saturated rings. The van der Waals surface area contributed by atoms with Crippen LogP contribution in [0.1, 0.15) is 22.3 Å². The largest absolute Gasteiger partial charge is 0.497 e. The summed E-state index contributed by atoms with van der Waals surface area (Å²) in [7, 11) is 2.83. The molecule has 0 aromatic heterocycles. The summed E-state index contributed by atoms with van der Waals surface area (Å²) in [5.74, 6) is -0.0337. The highest BCUT2D eigenvalue weighted by Gasteiger charge is 2.27. The van der Waals surface area contributed by atoms with E-state index >= 15 is 0 Å². The molecule has 0 unspecified atom stereocenters. The maximum atomic E-state index is 13.0. The van der Waals surface area contributed by atoms with Gasteiger partial charge in [0.2, 0.25) is 5.91 Å². The molecular formula is C23H28N2O5S. The normalized spacial score (nSPS) is 12.4. The number of amides is 2. The molecule has 2 aromatic rings. The Morgan fingerprint density at radius 1 is 0.935 bits per heavy atom. The number of thioether (sulfide) groups is 1. The van der Waals surface area contributed by atoms with Crippen molar-refractivity contribution in [3.8, 4) is 5.75 Å². The molecule has 0 saturated carbocycles. The van der Waals surface area contributed by atoms with E-state index in [1.54, 1.807) is 43.1 Å². The van der Waals surface area contributed by atoms with Gasteiger partial charge in [-0.1, -0.05) is 30.3 Å². The summed E-state index contributed by atoms with van der Waals surface area (Å²) in [6.07, 6.45) is 2.64. The van der Waals surface area contributed by atoms with Gasteiger partial charge < -0.3 is 20.1 Å². The maximum absolute atomic E-state index is 13.0. The molecule has 0 saturated heterocycles. The van der Waals surface area contributed by atoms with Crippen molar-refractivity contribution in [1.29, 1.82) is 0 Å². The van der Waals surface area contributed by atoms with Gasteiger partial charge in [0.15, 0.2) is 0 Å². The number of rotatable bonds is 11. The highest BCUT2D eigenvalue weighted by Crippen LogP contribution is 2.12. The molecule has 0 bridgehead atoms. The zero-order chi connectivity index (χ0) is 22.6. The van der Waals surface area contributed by atoms with Gasteiger partial charge in [0.1, 0.15) is 17.8 Å². The van der Waals surface area contributed by atoms with Gasteiger partial charge in [0, 0.05) is 12.0 Å². The molecule has 0 aliphatic carbocycles. The molecular weight excluding hydrogens is 416 g/mol. The lowest BCUT2D eigenvalue weighted by molar-refractivity contribution is -0.145. The lowest BCUT2D eigenvalue weighted by Crippen LogP contribution is -2.52. The van der Waals surface area contributed by atoms with Gasteiger partial charge >= 0.3 is 5.97 Å². The van der Waals surface area contributed by atoms with E-state index < -0.39 is 29.9 Å². The number of esters is 1. The van der Waals surface area contributed by atoms with E-state index in [9.17, 15) is 14.4 Å². The summed E-state index contributed by atoms with van der Waals surface area (Å²) in [5, 5.41) is 5.52. The number of methoxy groups -OCH3 is 2. The molecule has 0 spiro atoms. The Kier molecular flexibility index (Phi) is 9.90. The zero-order valence-corrected chi connectivity index (χ0v) is 18.7. The van der Waals surface area contributed by atoms with Gasteiger partial charge in [-0.3, -0.25) is 9.59 Å². The van der Waals surface area contributed by atoms with E-state index in [1.807, 2.05) is 36.6 Å². The fraction of sp³-hybridized carbons (Fsp3) is 0.348. The summed E-state index contributed by atoms with van der Waals surface area (Å²) in [5.41, 5.74) is 1.29. The highest BCUT2D eigenvalue weighted by molar-refractivity contribution is 7.98. The number of benzene rings is 2. The maximum Gasteiger partial charge on any atom is 0.328 e. The van der Waals surface area contributed by atoms with E-state index in [0.29, 0.717) is 23.5 Å². The van der Waals surface area contributed by atoms with E-state index in [1.165, 1.54) is 7.11 Å². The van der Waals surface area contributed by atoms with E-state index in [-0.39, 0.29) is 6.42 Å². The van der Waals surface area contributed by atoms with Crippen LogP contribution in [-0.2, 0) is 20.7 Å². The number of carbonyl (C=O) groups excluding carboxylic acids is 3. The first-order valence-electron chi connectivity index (χ1n) is 9.84. The third-order valence-electron chi connectivity index (χ3n) is 4.67. The Hall–Kier alpha value is -3.00. The van der Waals surface area contributed by atoms with Crippen molar-refractivity contribution in [2.24, 2.45) is 0 Å². The van der Waals surface area contributed by atoms with Crippen molar-refractivity contribution in [2.45, 2.75) is 24.9 Å². The van der Waals surface area contributed by atoms with Crippen LogP contribution >= 0.6 is 11.8 Å². The Labute approximate surface area is 186 Å². The molecule has 7 nitrogen and oxygen atoms in total. The fourth-order valence-electron chi connectivity index (χ4n) is 2.94. The van der Waals surface area contributed by atoms with Crippen molar-refractivity contribution in [3.05, 3.63) is 65.7 Å². The Bertz CT molecular complexity index is 858. The molecule has 0 aliphatic heterocycles. The fourth-order valence-corrected chi connectivity index (χ4v) is 3.41. The Balaban J connectivity index is 2.18. The number of ether oxygens (including phenoxy) is 2. The van der Waals surface area contributed by atoms with Crippen molar-refractivity contribution >= 4 is 29.5 Å². The summed E-state index contributed by atoms with van der Waals surface area (Å²) < 4.78 is 9.93. The van der Waals surface area contributed by atoms with Crippen molar-refractivity contribution in [3.63, 3.8) is 0 Å². The standard InChI is InChI=1S/C23H28N2O5S/c1-29-18-11-9-17(10-12-18)21(26)25-20(15-16-7-5-4-6-8-16)22(27)24-19(13-14-31-3)23(28)30-2/h4-12,19-20H,13-15H2,1-3H3,(H,24,27)(H,25,26)/t19-,20+/m1/s1. The van der Waals surface area contributed by atoms with Crippen LogP contribution in [0.2, 0.25) is 0 Å². The first-order chi connectivity index (χ1) is 15.0. The second-order valence-corrected chi connectivity index (χ2v) is 7.80. The zero-order valence-electron chi connectivity index (χ0n) is 17.9. The molecule has 2 atom stereocenters. The van der Waals surface area contributed by atoms with Gasteiger partial charge in [0.05, 0.1) is 14.2 Å². The van der Waals surface area contributed by atoms with E-state index in [4.69, 9.17) is 9.47 Å². The molecule has 0 aliphatic rings. The van der Waals surface area contributed by atoms with Crippen molar-refractivity contribution in [1.82, 2.24) is 10.6 Å². The van der Waals surface area contributed by atoms with Gasteiger partial charge in [-0.2, -0.15) is 11.8 Å². The van der Waals surface area contributed by atoms with Crippen molar-refractivity contribution in [2.75, 3.05) is 26.2 Å². The lowest BCUT2D eigenvalue weighted by atomic mass is 10.0. The SMILES string of the molecule is COC(=O)[C@@H](CCSC)NC(=O)[C@H](Cc1ccccc1)NC(=O)c1ccc(OC)cc1. The first kappa shape index (κ1) is 24.3. The number of carbonyl (C=O) groups is 3. The van der Waals surface area contributed by atoms with E-state index in [2.05, 4.69) is 10.6 Å². The molecule has 2 N–H and O–H groups in total. The minimum atomic E-state index is -0.863. The molecule has 166 valence electrons. The predicted octanol–water partition coefficient (Wildman–Crippen LogP) is 2.45. The minimum absolute atomic E-state index is 0.283. The number of hydrogen-bond acceptors (Lipinski definition) is 6. The minimum Gasteiger partial charge on any atom is -0.497 e. The van der Waals surface area contributed by atoms with Crippen LogP contribution in [-0.4, -0.2) is 56.1 Å². The molecule has 2 amide bonds. The van der Waals surface area contributed by atoms with Crippen LogP contribution in [0.25, 0.3) is 0 Å². The second-order valence-electron chi connectivity index (χ2n) is 6.81. The molecule has 2 aromatic carbocycles. The molecule has 8 heteroatoms. The number of hydrogen-bond donors (Lipinski definition) is 2. The van der Waals surface area contributed by atoms with E-state index in [0.717, 1.165) is 5.56 Å². The molecule has 31 heavy (non-hydrogen) atoms. The summed E-state index contributed by atoms with van der Waals surface area (Å²) >= 11 is 1.57. The smallest absolute Gasteiger partial charge is 0.328 e. The summed E-state index contributed by atoms with van der Waals surface area (Å²) in [4.78, 5) is 37.9. The monoisotopic (exact) mass is 444 g/mol. The Morgan fingerprint density at radius 2 is 1.61 bits per heavy atom. The Morgan fingerprint density at radius 3 is 2.19 bits per heavy atom. The third-order valence-corrected chi connectivity index (χ3v) is 5.31. The predicted molar refractivity (Wildman–Crippen MR) is 121 cm³/mol. The van der Waals surface area contributed by atoms with Crippen LogP contribution in [0.4, 0.5) is 0 Å². The molecule has 0 radical (unpaired) electrons. The van der Waals surface area contributed by atoms with Crippen molar-refractivity contribution < 1.29 is 23.9 Å². The van der Waals surface area contributed by atoms with Crippen LogP contribution in [0.15, 0.2) is 54.6 Å². The van der Waals surface area contributed by atoms with Gasteiger partial charge in [0.25, 0.3) is 5.91 Å². The average molecular weight is 445 g/mol. The van der Waals surface area contributed by atoms with Gasteiger partial charge in [-0.15, -0.1) is 0 Å². The van der Waals surface area contributed by atoms with Gasteiger partial charge in [-0.25, -0.2) is 4.79 Å². The first-order valence-corrected chi connectivity index (χ1v) is 11.2. The summed E-state index contributed by atoms with van der Waals surface area (Å²) in [6.45, 7) is 0. The van der Waals surface area contributed by atoms with Gasteiger partial charge in [-0.05, 0) is 48.3 Å². The third kappa shape index (κ3) is 7.64.